The van der Waals surface area contributed by atoms with Gasteiger partial charge in [-0.25, -0.2) is 0 Å². The molecule has 0 saturated carbocycles. The fourth-order valence-corrected chi connectivity index (χ4v) is 1.17. The highest BCUT2D eigenvalue weighted by Gasteiger charge is 2.15. The molecule has 2 unspecified atom stereocenters. The van der Waals surface area contributed by atoms with Crippen molar-refractivity contribution in [2.24, 2.45) is 5.92 Å². The zero-order chi connectivity index (χ0) is 14.1. The zero-order valence-corrected chi connectivity index (χ0v) is 11.8. The summed E-state index contributed by atoms with van der Waals surface area (Å²) in [6, 6.07) is 0. The monoisotopic (exact) mass is 256 g/mol. The molecule has 0 saturated heterocycles. The molecule has 0 bridgehead atoms. The maximum Gasteiger partial charge on any atom is 0.306 e. The van der Waals surface area contributed by atoms with Crippen molar-refractivity contribution in [2.45, 2.75) is 59.2 Å². The lowest BCUT2D eigenvalue weighted by Crippen LogP contribution is -2.21. The van der Waals surface area contributed by atoms with E-state index in [4.69, 9.17) is 9.47 Å². The molecule has 0 aromatic rings. The molecule has 0 aromatic heterocycles. The van der Waals surface area contributed by atoms with Crippen molar-refractivity contribution >= 4 is 11.9 Å². The van der Waals surface area contributed by atoms with E-state index in [1.54, 1.807) is 13.0 Å². The van der Waals surface area contributed by atoms with Crippen molar-refractivity contribution in [1.29, 1.82) is 0 Å². The highest BCUT2D eigenvalue weighted by molar-refractivity contribution is 5.77. The first-order valence-corrected chi connectivity index (χ1v) is 6.36. The van der Waals surface area contributed by atoms with Crippen LogP contribution in [0.25, 0.3) is 0 Å². The first kappa shape index (κ1) is 16.7. The van der Waals surface area contributed by atoms with Gasteiger partial charge in [0.1, 0.15) is 12.2 Å². The lowest BCUT2D eigenvalue weighted by atomic mass is 10.1. The smallest absolute Gasteiger partial charge is 0.306 e. The number of hydrogen-bond acceptors (Lipinski definition) is 4. The van der Waals surface area contributed by atoms with Gasteiger partial charge in [0, 0.05) is 6.42 Å². The molecule has 0 amide bonds. The summed E-state index contributed by atoms with van der Waals surface area (Å²) in [7, 11) is 0. The van der Waals surface area contributed by atoms with Crippen LogP contribution in [0.5, 0.6) is 0 Å². The van der Waals surface area contributed by atoms with E-state index in [9.17, 15) is 9.59 Å². The summed E-state index contributed by atoms with van der Waals surface area (Å²) in [5, 5.41) is 0. The lowest BCUT2D eigenvalue weighted by molar-refractivity contribution is -0.156. The van der Waals surface area contributed by atoms with Gasteiger partial charge in [-0.2, -0.15) is 0 Å². The van der Waals surface area contributed by atoms with Crippen LogP contribution in [0.15, 0.2) is 12.7 Å². The van der Waals surface area contributed by atoms with E-state index in [0.29, 0.717) is 6.42 Å². The Labute approximate surface area is 109 Å². The van der Waals surface area contributed by atoms with Gasteiger partial charge in [0.2, 0.25) is 0 Å². The van der Waals surface area contributed by atoms with E-state index in [0.717, 1.165) is 0 Å². The Morgan fingerprint density at radius 2 is 1.56 bits per heavy atom. The molecule has 0 aliphatic carbocycles. The third-order valence-corrected chi connectivity index (χ3v) is 2.62. The summed E-state index contributed by atoms with van der Waals surface area (Å²) in [5.74, 6) is -0.462. The van der Waals surface area contributed by atoms with Gasteiger partial charge in [0.15, 0.2) is 0 Å². The fraction of sp³-hybridized carbons (Fsp3) is 0.714. The number of rotatable bonds is 8. The summed E-state index contributed by atoms with van der Waals surface area (Å²) >= 11 is 0. The summed E-state index contributed by atoms with van der Waals surface area (Å²) in [6.45, 7) is 11.1. The highest BCUT2D eigenvalue weighted by atomic mass is 16.5. The summed E-state index contributed by atoms with van der Waals surface area (Å²) in [4.78, 5) is 22.8. The molecule has 0 aromatic carbocycles. The highest BCUT2D eigenvalue weighted by Crippen LogP contribution is 2.08. The van der Waals surface area contributed by atoms with Crippen LogP contribution in [0.4, 0.5) is 0 Å². The number of carbonyl (C=O) groups is 2. The maximum absolute atomic E-state index is 11.4. The Morgan fingerprint density at radius 3 is 2.00 bits per heavy atom. The molecule has 0 spiro atoms. The minimum atomic E-state index is -0.376. The Morgan fingerprint density at radius 1 is 1.06 bits per heavy atom. The Bertz CT molecular complexity index is 284. The van der Waals surface area contributed by atoms with E-state index in [-0.39, 0.29) is 42.9 Å². The number of carbonyl (C=O) groups excluding carboxylic acids is 2. The quantitative estimate of drug-likeness (QED) is 0.495. The van der Waals surface area contributed by atoms with Gasteiger partial charge >= 0.3 is 11.9 Å². The van der Waals surface area contributed by atoms with Gasteiger partial charge in [-0.3, -0.25) is 9.59 Å². The molecule has 0 aliphatic rings. The predicted molar refractivity (Wildman–Crippen MR) is 70.0 cm³/mol. The first-order valence-electron chi connectivity index (χ1n) is 6.36. The van der Waals surface area contributed by atoms with Crippen LogP contribution >= 0.6 is 0 Å². The Balaban J connectivity index is 3.84. The topological polar surface area (TPSA) is 52.6 Å². The molecule has 0 radical (unpaired) electrons. The van der Waals surface area contributed by atoms with Crippen LogP contribution in [0, 0.1) is 5.92 Å². The maximum atomic E-state index is 11.4. The molecule has 0 aliphatic heterocycles. The Hall–Kier alpha value is -1.32. The lowest BCUT2D eigenvalue weighted by Gasteiger charge is -2.16. The first-order chi connectivity index (χ1) is 8.36. The number of hydrogen-bond donors (Lipinski definition) is 0. The number of ether oxygens (including phenoxy) is 2. The van der Waals surface area contributed by atoms with Crippen molar-refractivity contribution in [3.63, 3.8) is 0 Å². The van der Waals surface area contributed by atoms with Gasteiger partial charge in [-0.05, 0) is 19.8 Å². The molecule has 0 fully saturated rings. The third-order valence-electron chi connectivity index (χ3n) is 2.62. The average Bonchev–Trinajstić information content (AvgIpc) is 2.26. The molecular formula is C14H24O4. The average molecular weight is 256 g/mol. The van der Waals surface area contributed by atoms with Crippen molar-refractivity contribution in [3.05, 3.63) is 12.7 Å². The van der Waals surface area contributed by atoms with Crippen LogP contribution in [0.1, 0.15) is 47.0 Å². The molecule has 4 nitrogen and oxygen atoms in total. The molecule has 18 heavy (non-hydrogen) atoms. The zero-order valence-electron chi connectivity index (χ0n) is 11.8. The van der Waals surface area contributed by atoms with Crippen LogP contribution in [0.2, 0.25) is 0 Å². The molecule has 0 N–H and O–H groups in total. The fourth-order valence-electron chi connectivity index (χ4n) is 1.17. The molecule has 104 valence electrons. The standard InChI is InChI=1S/C14H24O4/c1-6-7-11(4)17-13(15)8-9-14(16)18-12(5)10(2)3/h6,10-12H,1,7-9H2,2-5H3. The summed E-state index contributed by atoms with van der Waals surface area (Å²) in [6.07, 6.45) is 2.10. The molecule has 4 heteroatoms. The third kappa shape index (κ3) is 7.87. The largest absolute Gasteiger partial charge is 0.462 e. The van der Waals surface area contributed by atoms with E-state index in [1.165, 1.54) is 0 Å². The van der Waals surface area contributed by atoms with Crippen molar-refractivity contribution in [1.82, 2.24) is 0 Å². The van der Waals surface area contributed by atoms with Crippen LogP contribution in [0.3, 0.4) is 0 Å². The van der Waals surface area contributed by atoms with E-state index in [2.05, 4.69) is 6.58 Å². The summed E-state index contributed by atoms with van der Waals surface area (Å²) in [5.41, 5.74) is 0. The normalized spacial score (nSPS) is 13.8. The summed E-state index contributed by atoms with van der Waals surface area (Å²) < 4.78 is 10.2. The van der Waals surface area contributed by atoms with E-state index >= 15 is 0 Å². The van der Waals surface area contributed by atoms with Gasteiger partial charge in [0.25, 0.3) is 0 Å². The van der Waals surface area contributed by atoms with Gasteiger partial charge in [-0.15, -0.1) is 6.58 Å². The van der Waals surface area contributed by atoms with Crippen molar-refractivity contribution in [2.75, 3.05) is 0 Å². The minimum Gasteiger partial charge on any atom is -0.462 e. The minimum absolute atomic E-state index is 0.0606. The predicted octanol–water partition coefficient (Wildman–Crippen LogP) is 2.86. The Kier molecular flexibility index (Phi) is 8.08. The molecular weight excluding hydrogens is 232 g/mol. The van der Waals surface area contributed by atoms with Crippen LogP contribution < -0.4 is 0 Å². The second kappa shape index (κ2) is 8.72. The van der Waals surface area contributed by atoms with Crippen molar-refractivity contribution < 1.29 is 19.1 Å². The van der Waals surface area contributed by atoms with E-state index < -0.39 is 0 Å². The molecule has 0 rings (SSSR count). The van der Waals surface area contributed by atoms with Gasteiger partial charge < -0.3 is 9.47 Å². The second-order valence-corrected chi connectivity index (χ2v) is 4.76. The SMILES string of the molecule is C=CCC(C)OC(=O)CCC(=O)OC(C)C(C)C. The van der Waals surface area contributed by atoms with E-state index in [1.807, 2.05) is 20.8 Å². The van der Waals surface area contributed by atoms with Gasteiger partial charge in [-0.1, -0.05) is 19.9 Å². The second-order valence-electron chi connectivity index (χ2n) is 4.76. The molecule has 0 heterocycles. The molecule has 2 atom stereocenters. The van der Waals surface area contributed by atoms with Crippen molar-refractivity contribution in [3.8, 4) is 0 Å². The van der Waals surface area contributed by atoms with Crippen LogP contribution in [-0.4, -0.2) is 24.1 Å². The van der Waals surface area contributed by atoms with Gasteiger partial charge in [0.05, 0.1) is 12.8 Å². The van der Waals surface area contributed by atoms with Crippen LogP contribution in [-0.2, 0) is 19.1 Å². The number of esters is 2.